The Bertz CT molecular complexity index is 618. The minimum atomic E-state index is 0.114. The van der Waals surface area contributed by atoms with Crippen LogP contribution in [0, 0.1) is 5.92 Å². The largest absolute Gasteiger partial charge is 0.296 e. The summed E-state index contributed by atoms with van der Waals surface area (Å²) in [4.78, 5) is 11.2. The first-order valence-corrected chi connectivity index (χ1v) is 7.32. The van der Waals surface area contributed by atoms with E-state index >= 15 is 0 Å². The molecule has 0 unspecified atom stereocenters. The topological polar surface area (TPSA) is 47.8 Å². The number of nitrogens with zero attached hydrogens (tertiary/aromatic N) is 3. The summed E-state index contributed by atoms with van der Waals surface area (Å²) >= 11 is 0. The van der Waals surface area contributed by atoms with Crippen LogP contribution in [-0.4, -0.2) is 21.3 Å². The number of aromatic nitrogens is 3. The average Bonchev–Trinajstić information content (AvgIpc) is 2.80. The minimum absolute atomic E-state index is 0.114. The second-order valence-corrected chi connectivity index (χ2v) is 6.84. The second kappa shape index (κ2) is 5.80. The lowest BCUT2D eigenvalue weighted by Crippen LogP contribution is -2.11. The molecule has 0 amide bonds. The van der Waals surface area contributed by atoms with Crippen LogP contribution in [0.4, 0.5) is 0 Å². The Labute approximate surface area is 126 Å². The number of benzene rings is 1. The molecule has 0 bridgehead atoms. The summed E-state index contributed by atoms with van der Waals surface area (Å²) in [5, 5.41) is 8.09. The van der Waals surface area contributed by atoms with Crippen LogP contribution in [0.15, 0.2) is 24.3 Å². The highest BCUT2D eigenvalue weighted by atomic mass is 16.1. The zero-order chi connectivity index (χ0) is 15.6. The number of aldehydes is 1. The summed E-state index contributed by atoms with van der Waals surface area (Å²) in [7, 11) is 0. The summed E-state index contributed by atoms with van der Waals surface area (Å²) in [6, 6.07) is 8.31. The van der Waals surface area contributed by atoms with Crippen LogP contribution < -0.4 is 0 Å². The van der Waals surface area contributed by atoms with Gasteiger partial charge in [0, 0.05) is 12.1 Å². The Morgan fingerprint density at radius 1 is 1.19 bits per heavy atom. The molecule has 0 radical (unpaired) electrons. The summed E-state index contributed by atoms with van der Waals surface area (Å²) in [5.74, 6) is 0.443. The van der Waals surface area contributed by atoms with Gasteiger partial charge in [-0.15, -0.1) is 5.10 Å². The van der Waals surface area contributed by atoms with E-state index in [0.717, 1.165) is 24.1 Å². The van der Waals surface area contributed by atoms with Crippen molar-refractivity contribution in [3.63, 3.8) is 0 Å². The maximum atomic E-state index is 11.2. The molecule has 4 nitrogen and oxygen atoms in total. The van der Waals surface area contributed by atoms with Crippen molar-refractivity contribution < 1.29 is 4.79 Å². The van der Waals surface area contributed by atoms with Crippen molar-refractivity contribution >= 4 is 6.29 Å². The molecule has 0 saturated heterocycles. The maximum absolute atomic E-state index is 11.2. The van der Waals surface area contributed by atoms with Gasteiger partial charge in [-0.3, -0.25) is 4.79 Å². The fourth-order valence-electron chi connectivity index (χ4n) is 2.30. The molecule has 0 spiro atoms. The van der Waals surface area contributed by atoms with Gasteiger partial charge in [-0.05, 0) is 16.9 Å². The number of carbonyl (C=O) groups is 1. The van der Waals surface area contributed by atoms with Crippen LogP contribution in [-0.2, 0) is 12.0 Å². The van der Waals surface area contributed by atoms with E-state index in [9.17, 15) is 4.79 Å². The normalized spacial score (nSPS) is 11.9. The van der Waals surface area contributed by atoms with E-state index in [1.165, 1.54) is 5.56 Å². The standard InChI is InChI=1S/C17H23N3O/c1-12(2)10-20-16(15(11-21)18-19-20)13-6-8-14(9-7-13)17(3,4)5/h6-9,11-12H,10H2,1-5H3. The van der Waals surface area contributed by atoms with Gasteiger partial charge in [0.2, 0.25) is 0 Å². The molecule has 1 aromatic heterocycles. The monoisotopic (exact) mass is 285 g/mol. The second-order valence-electron chi connectivity index (χ2n) is 6.84. The maximum Gasteiger partial charge on any atom is 0.172 e. The molecule has 4 heteroatoms. The fraction of sp³-hybridized carbons (Fsp3) is 0.471. The van der Waals surface area contributed by atoms with Gasteiger partial charge in [-0.25, -0.2) is 4.68 Å². The van der Waals surface area contributed by atoms with E-state index in [2.05, 4.69) is 57.1 Å². The SMILES string of the molecule is CC(C)Cn1nnc(C=O)c1-c1ccc(C(C)(C)C)cc1. The van der Waals surface area contributed by atoms with Gasteiger partial charge in [0.15, 0.2) is 12.0 Å². The van der Waals surface area contributed by atoms with E-state index in [4.69, 9.17) is 0 Å². The molecule has 0 fully saturated rings. The predicted octanol–water partition coefficient (Wildman–Crippen LogP) is 3.71. The first-order valence-electron chi connectivity index (χ1n) is 7.32. The Morgan fingerprint density at radius 2 is 1.81 bits per heavy atom. The lowest BCUT2D eigenvalue weighted by atomic mass is 9.86. The molecule has 1 aromatic carbocycles. The van der Waals surface area contributed by atoms with Crippen LogP contribution in [0.5, 0.6) is 0 Å². The Morgan fingerprint density at radius 3 is 2.29 bits per heavy atom. The summed E-state index contributed by atoms with van der Waals surface area (Å²) in [6.45, 7) is 11.5. The van der Waals surface area contributed by atoms with Crippen molar-refractivity contribution in [2.45, 2.75) is 46.6 Å². The zero-order valence-electron chi connectivity index (χ0n) is 13.4. The fourth-order valence-corrected chi connectivity index (χ4v) is 2.30. The third kappa shape index (κ3) is 3.38. The van der Waals surface area contributed by atoms with Crippen LogP contribution >= 0.6 is 0 Å². The van der Waals surface area contributed by atoms with Crippen molar-refractivity contribution in [3.8, 4) is 11.3 Å². The number of carbonyl (C=O) groups excluding carboxylic acids is 1. The molecule has 0 aliphatic carbocycles. The van der Waals surface area contributed by atoms with Gasteiger partial charge in [0.25, 0.3) is 0 Å². The molecule has 0 N–H and O–H groups in total. The van der Waals surface area contributed by atoms with Crippen molar-refractivity contribution in [3.05, 3.63) is 35.5 Å². The molecule has 0 atom stereocenters. The Balaban J connectivity index is 2.45. The Hall–Kier alpha value is -1.97. The van der Waals surface area contributed by atoms with Gasteiger partial charge in [-0.2, -0.15) is 0 Å². The molecule has 112 valence electrons. The highest BCUT2D eigenvalue weighted by Crippen LogP contribution is 2.27. The highest BCUT2D eigenvalue weighted by molar-refractivity contribution is 5.83. The molecular weight excluding hydrogens is 262 g/mol. The van der Waals surface area contributed by atoms with Crippen molar-refractivity contribution in [1.82, 2.24) is 15.0 Å². The summed E-state index contributed by atoms with van der Waals surface area (Å²) in [6.07, 6.45) is 0.775. The highest BCUT2D eigenvalue weighted by Gasteiger charge is 2.17. The zero-order valence-corrected chi connectivity index (χ0v) is 13.4. The molecule has 2 aromatic rings. The van der Waals surface area contributed by atoms with Crippen molar-refractivity contribution in [1.29, 1.82) is 0 Å². The third-order valence-corrected chi connectivity index (χ3v) is 3.44. The number of rotatable bonds is 4. The first-order chi connectivity index (χ1) is 9.82. The lowest BCUT2D eigenvalue weighted by Gasteiger charge is -2.19. The van der Waals surface area contributed by atoms with Crippen LogP contribution in [0.25, 0.3) is 11.3 Å². The van der Waals surface area contributed by atoms with Crippen molar-refractivity contribution in [2.24, 2.45) is 5.92 Å². The van der Waals surface area contributed by atoms with Crippen molar-refractivity contribution in [2.75, 3.05) is 0 Å². The van der Waals surface area contributed by atoms with Gasteiger partial charge in [0.1, 0.15) is 0 Å². The summed E-state index contributed by atoms with van der Waals surface area (Å²) in [5.41, 5.74) is 3.57. The Kier molecular flexibility index (Phi) is 4.26. The number of hydrogen-bond acceptors (Lipinski definition) is 3. The number of hydrogen-bond donors (Lipinski definition) is 0. The van der Waals surface area contributed by atoms with Gasteiger partial charge < -0.3 is 0 Å². The first kappa shape index (κ1) is 15.4. The van der Waals surface area contributed by atoms with Crippen LogP contribution in [0.3, 0.4) is 0 Å². The van der Waals surface area contributed by atoms with E-state index in [1.807, 2.05) is 16.8 Å². The molecule has 2 rings (SSSR count). The molecular formula is C17H23N3O. The molecule has 1 heterocycles. The van der Waals surface area contributed by atoms with Crippen LogP contribution in [0.1, 0.15) is 50.7 Å². The molecule has 21 heavy (non-hydrogen) atoms. The van der Waals surface area contributed by atoms with E-state index in [0.29, 0.717) is 11.6 Å². The molecule has 0 aliphatic heterocycles. The van der Waals surface area contributed by atoms with Gasteiger partial charge in [-0.1, -0.05) is 64.1 Å². The lowest BCUT2D eigenvalue weighted by molar-refractivity contribution is 0.111. The molecule has 0 aliphatic rings. The summed E-state index contributed by atoms with van der Waals surface area (Å²) < 4.78 is 1.82. The van der Waals surface area contributed by atoms with E-state index in [-0.39, 0.29) is 5.41 Å². The van der Waals surface area contributed by atoms with Gasteiger partial charge >= 0.3 is 0 Å². The molecule has 0 saturated carbocycles. The van der Waals surface area contributed by atoms with Crippen LogP contribution in [0.2, 0.25) is 0 Å². The third-order valence-electron chi connectivity index (χ3n) is 3.44. The quantitative estimate of drug-likeness (QED) is 0.804. The van der Waals surface area contributed by atoms with Gasteiger partial charge in [0.05, 0.1) is 5.69 Å². The van der Waals surface area contributed by atoms with E-state index in [1.54, 1.807) is 0 Å². The average molecular weight is 285 g/mol. The smallest absolute Gasteiger partial charge is 0.172 e. The van der Waals surface area contributed by atoms with E-state index < -0.39 is 0 Å². The minimum Gasteiger partial charge on any atom is -0.296 e. The predicted molar refractivity (Wildman–Crippen MR) is 84.4 cm³/mol.